The van der Waals surface area contributed by atoms with E-state index in [2.05, 4.69) is 56.6 Å². The monoisotopic (exact) mass is 779 g/mol. The molecule has 0 aliphatic heterocycles. The van der Waals surface area contributed by atoms with E-state index in [1.54, 1.807) is 19.5 Å². The van der Waals surface area contributed by atoms with Crippen molar-refractivity contribution in [3.63, 3.8) is 0 Å². The molecule has 5 N–H and O–H groups in total. The van der Waals surface area contributed by atoms with E-state index < -0.39 is 41.6 Å². The molecule has 4 aromatic carbocycles. The Hall–Kier alpha value is -5.71. The minimum atomic E-state index is -1.12. The number of aliphatic hydroxyl groups is 2. The second-order valence-corrected chi connectivity index (χ2v) is 16.1. The summed E-state index contributed by atoms with van der Waals surface area (Å²) in [6, 6.07) is 36.4. The fourth-order valence-electron chi connectivity index (χ4n) is 8.96. The van der Waals surface area contributed by atoms with E-state index in [1.807, 2.05) is 79.0 Å². The van der Waals surface area contributed by atoms with Gasteiger partial charge in [-0.1, -0.05) is 123 Å². The molecule has 4 atom stereocenters. The van der Waals surface area contributed by atoms with Crippen LogP contribution in [0.2, 0.25) is 0 Å². The fourth-order valence-corrected chi connectivity index (χ4v) is 8.96. The molecular weight excluding hydrogens is 727 g/mol. The normalized spacial score (nSPS) is 16.9. The zero-order valence-corrected chi connectivity index (χ0v) is 33.0. The number of carbonyl (C=O) groups excluding carboxylic acids is 2. The molecule has 10 heteroatoms. The van der Waals surface area contributed by atoms with Gasteiger partial charge in [0.05, 0.1) is 31.3 Å². The van der Waals surface area contributed by atoms with E-state index in [-0.39, 0.29) is 12.3 Å². The highest BCUT2D eigenvalue weighted by Gasteiger charge is 2.41. The van der Waals surface area contributed by atoms with Crippen molar-refractivity contribution in [1.29, 1.82) is 0 Å². The molecule has 2 fully saturated rings. The molecule has 0 spiro atoms. The Morgan fingerprint density at radius 1 is 0.828 bits per heavy atom. The van der Waals surface area contributed by atoms with E-state index in [0.717, 1.165) is 66.1 Å². The summed E-state index contributed by atoms with van der Waals surface area (Å²) < 4.78 is 7.49. The van der Waals surface area contributed by atoms with Gasteiger partial charge >= 0.3 is 0 Å². The summed E-state index contributed by atoms with van der Waals surface area (Å²) in [4.78, 5) is 36.8. The van der Waals surface area contributed by atoms with Crippen molar-refractivity contribution in [3.05, 3.63) is 156 Å². The molecule has 2 amide bonds. The maximum absolute atomic E-state index is 14.6. The number of amides is 2. The molecule has 2 aliphatic carbocycles. The average molecular weight is 780 g/mol. The van der Waals surface area contributed by atoms with Gasteiger partial charge in [-0.2, -0.15) is 0 Å². The van der Waals surface area contributed by atoms with Gasteiger partial charge in [-0.3, -0.25) is 9.59 Å². The number of methoxy groups -OCH3 is 1. The first kappa shape index (κ1) is 39.1. The summed E-state index contributed by atoms with van der Waals surface area (Å²) in [6.45, 7) is 0. The molecule has 8 rings (SSSR count). The number of hydrogen-bond donors (Lipinski definition) is 5. The van der Waals surface area contributed by atoms with Gasteiger partial charge in [-0.05, 0) is 72.1 Å². The standard InChI is InChI=1S/C48H53N5O5/c1-58-39-24-25-40-34(27-39)28-42(50-40)46(56)52-43(47(57)51-41(26-32-14-6-2-7-15-32)45(55)44(54)33-22-23-33)29-38-30-53(31-49-38)48(35-16-8-3-9-17-35,36-18-10-4-11-19-36)37-20-12-5-13-21-37/h3-5,8-13,16-21,24-25,27-28,30-33,41,43-45,50,54-55H,2,6-7,14-15,22-23,26,29H2,1H3,(H,51,57)(H,52,56)/t41-,43-,44-,45+/m0/s1. The Balaban J connectivity index is 1.15. The van der Waals surface area contributed by atoms with Crippen molar-refractivity contribution < 1.29 is 24.5 Å². The van der Waals surface area contributed by atoms with Crippen LogP contribution in [0.25, 0.3) is 10.9 Å². The first-order valence-corrected chi connectivity index (χ1v) is 20.7. The summed E-state index contributed by atoms with van der Waals surface area (Å²) in [5.41, 5.74) is 3.93. The van der Waals surface area contributed by atoms with E-state index in [0.29, 0.717) is 29.5 Å². The number of nitrogens with one attached hydrogen (secondary N) is 3. The molecule has 0 unspecified atom stereocenters. The van der Waals surface area contributed by atoms with Gasteiger partial charge in [0.1, 0.15) is 29.1 Å². The maximum atomic E-state index is 14.6. The lowest BCUT2D eigenvalue weighted by molar-refractivity contribution is -0.125. The van der Waals surface area contributed by atoms with E-state index >= 15 is 0 Å². The third-order valence-corrected chi connectivity index (χ3v) is 12.2. The topological polar surface area (TPSA) is 142 Å². The quantitative estimate of drug-likeness (QED) is 0.0662. The molecular formula is C48H53N5O5. The van der Waals surface area contributed by atoms with Crippen molar-refractivity contribution in [1.82, 2.24) is 25.2 Å². The number of fused-ring (bicyclic) bond motifs is 1. The Labute approximate surface area is 339 Å². The van der Waals surface area contributed by atoms with Crippen LogP contribution in [0.3, 0.4) is 0 Å². The van der Waals surface area contributed by atoms with Crippen LogP contribution in [0.4, 0.5) is 0 Å². The van der Waals surface area contributed by atoms with Crippen molar-refractivity contribution >= 4 is 22.7 Å². The van der Waals surface area contributed by atoms with Gasteiger partial charge in [0.25, 0.3) is 5.91 Å². The number of aromatic amines is 1. The van der Waals surface area contributed by atoms with E-state index in [1.165, 1.54) is 6.42 Å². The van der Waals surface area contributed by atoms with Crippen LogP contribution in [-0.4, -0.2) is 68.0 Å². The number of carbonyl (C=O) groups is 2. The number of aliphatic hydroxyl groups excluding tert-OH is 2. The molecule has 0 radical (unpaired) electrons. The zero-order chi connectivity index (χ0) is 40.1. The number of imidazole rings is 1. The lowest BCUT2D eigenvalue weighted by Crippen LogP contribution is -2.56. The Kier molecular flexibility index (Phi) is 11.8. The predicted molar refractivity (Wildman–Crippen MR) is 225 cm³/mol. The Morgan fingerprint density at radius 3 is 2.03 bits per heavy atom. The van der Waals surface area contributed by atoms with Crippen LogP contribution in [0.1, 0.15) is 84.2 Å². The lowest BCUT2D eigenvalue weighted by atomic mass is 9.77. The minimum Gasteiger partial charge on any atom is -0.497 e. The highest BCUT2D eigenvalue weighted by atomic mass is 16.5. The zero-order valence-electron chi connectivity index (χ0n) is 33.0. The Bertz CT molecular complexity index is 2180. The van der Waals surface area contributed by atoms with Gasteiger partial charge in [0.2, 0.25) is 5.91 Å². The smallest absolute Gasteiger partial charge is 0.268 e. The molecule has 0 bridgehead atoms. The average Bonchev–Trinajstić information content (AvgIpc) is 3.87. The maximum Gasteiger partial charge on any atom is 0.268 e. The molecule has 2 aliphatic rings. The van der Waals surface area contributed by atoms with Gasteiger partial charge in [0.15, 0.2) is 0 Å². The molecule has 0 saturated heterocycles. The van der Waals surface area contributed by atoms with Crippen LogP contribution < -0.4 is 15.4 Å². The number of H-pyrrole nitrogens is 1. The van der Waals surface area contributed by atoms with Crippen molar-refractivity contribution in [2.24, 2.45) is 11.8 Å². The largest absolute Gasteiger partial charge is 0.497 e. The molecule has 2 heterocycles. The van der Waals surface area contributed by atoms with Crippen molar-refractivity contribution in [2.45, 2.75) is 87.6 Å². The highest BCUT2D eigenvalue weighted by molar-refractivity contribution is 6.00. The number of aromatic nitrogens is 3. The van der Waals surface area contributed by atoms with Gasteiger partial charge in [-0.15, -0.1) is 0 Å². The SMILES string of the molecule is COc1ccc2[nH]c(C(=O)N[C@@H](Cc3cn(C(c4ccccc4)(c4ccccc4)c4ccccc4)cn3)C(=O)N[C@@H](CC3CCCCC3)[C@@H](O)[C@@H](O)C3CC3)cc2c1. The van der Waals surface area contributed by atoms with Gasteiger partial charge in [0, 0.05) is 23.5 Å². The van der Waals surface area contributed by atoms with Crippen LogP contribution in [-0.2, 0) is 16.8 Å². The van der Waals surface area contributed by atoms with Crippen molar-refractivity contribution in [3.8, 4) is 5.75 Å². The summed E-state index contributed by atoms with van der Waals surface area (Å²) in [5, 5.41) is 29.6. The van der Waals surface area contributed by atoms with E-state index in [9.17, 15) is 19.8 Å². The van der Waals surface area contributed by atoms with E-state index in [4.69, 9.17) is 9.72 Å². The molecule has 6 aromatic rings. The second kappa shape index (κ2) is 17.4. The highest BCUT2D eigenvalue weighted by Crippen LogP contribution is 2.41. The summed E-state index contributed by atoms with van der Waals surface area (Å²) >= 11 is 0. The Morgan fingerprint density at radius 2 is 1.45 bits per heavy atom. The first-order chi connectivity index (χ1) is 28.3. The number of benzene rings is 4. The third kappa shape index (κ3) is 8.31. The van der Waals surface area contributed by atoms with Crippen LogP contribution in [0, 0.1) is 11.8 Å². The summed E-state index contributed by atoms with van der Waals surface area (Å²) in [7, 11) is 1.59. The third-order valence-electron chi connectivity index (χ3n) is 12.2. The van der Waals surface area contributed by atoms with Crippen molar-refractivity contribution in [2.75, 3.05) is 7.11 Å². The number of ether oxygens (including phenoxy) is 1. The second-order valence-electron chi connectivity index (χ2n) is 16.1. The molecule has 10 nitrogen and oxygen atoms in total. The molecule has 2 saturated carbocycles. The van der Waals surface area contributed by atoms with Crippen LogP contribution in [0.15, 0.2) is 128 Å². The summed E-state index contributed by atoms with van der Waals surface area (Å²) in [5.74, 6) is 0.127. The number of nitrogens with zero attached hydrogens (tertiary/aromatic N) is 2. The summed E-state index contributed by atoms with van der Waals surface area (Å²) in [6.07, 6.45) is 9.50. The predicted octanol–water partition coefficient (Wildman–Crippen LogP) is 7.14. The molecule has 300 valence electrons. The van der Waals surface area contributed by atoms with Gasteiger partial charge < -0.3 is 35.1 Å². The van der Waals surface area contributed by atoms with Gasteiger partial charge in [-0.25, -0.2) is 4.98 Å². The fraction of sp³-hybridized carbons (Fsp3) is 0.354. The molecule has 58 heavy (non-hydrogen) atoms. The van der Waals surface area contributed by atoms with Crippen LogP contribution >= 0.6 is 0 Å². The first-order valence-electron chi connectivity index (χ1n) is 20.7. The number of hydrogen-bond acceptors (Lipinski definition) is 6. The molecule has 2 aromatic heterocycles. The lowest BCUT2D eigenvalue weighted by Gasteiger charge is -2.37. The van der Waals surface area contributed by atoms with Crippen LogP contribution in [0.5, 0.6) is 5.75 Å². The number of rotatable bonds is 16. The minimum absolute atomic E-state index is 0.0277.